The van der Waals surface area contributed by atoms with Gasteiger partial charge in [0.25, 0.3) is 0 Å². The number of piperazine rings is 1. The molecule has 9 nitrogen and oxygen atoms in total. The lowest BCUT2D eigenvalue weighted by atomic mass is 9.83. The fourth-order valence-electron chi connectivity index (χ4n) is 4.69. The first-order chi connectivity index (χ1) is 17.6. The second-order valence-corrected chi connectivity index (χ2v) is 8.80. The average Bonchev–Trinajstić information content (AvgIpc) is 2.88. The SMILES string of the molecule is Cc1nc(Oc2ccc3c(c2)OC(N)=C(C#N)C3c2ccccc2)cc(N2CCN(CCO)CC2)n1. The maximum atomic E-state index is 9.74. The van der Waals surface area contributed by atoms with Crippen molar-refractivity contribution in [3.05, 3.63) is 83.0 Å². The number of β-amino-alcohol motifs (C(OH)–C–C–N with tert-alkyl or cyclic N) is 1. The number of aliphatic hydroxyl groups is 1. The van der Waals surface area contributed by atoms with Gasteiger partial charge in [-0.1, -0.05) is 36.4 Å². The van der Waals surface area contributed by atoms with Gasteiger partial charge < -0.3 is 25.2 Å². The summed E-state index contributed by atoms with van der Waals surface area (Å²) >= 11 is 0. The number of allylic oxidation sites excluding steroid dienone is 1. The number of aryl methyl sites for hydroxylation is 1. The zero-order chi connectivity index (χ0) is 25.1. The third-order valence-electron chi connectivity index (χ3n) is 6.46. The lowest BCUT2D eigenvalue weighted by molar-refractivity contribution is 0.188. The number of nitrogens with two attached hydrogens (primary N) is 1. The van der Waals surface area contributed by atoms with Gasteiger partial charge in [-0.3, -0.25) is 4.90 Å². The Morgan fingerprint density at radius 1 is 1.11 bits per heavy atom. The van der Waals surface area contributed by atoms with E-state index in [4.69, 9.17) is 15.2 Å². The Hall–Kier alpha value is -4.13. The largest absolute Gasteiger partial charge is 0.440 e. The minimum absolute atomic E-state index is 0.0940. The third kappa shape index (κ3) is 4.82. The Morgan fingerprint density at radius 3 is 2.61 bits per heavy atom. The summed E-state index contributed by atoms with van der Waals surface area (Å²) in [5.41, 5.74) is 8.33. The fourth-order valence-corrected chi connectivity index (χ4v) is 4.69. The van der Waals surface area contributed by atoms with Crippen molar-refractivity contribution in [2.75, 3.05) is 44.2 Å². The van der Waals surface area contributed by atoms with Crippen LogP contribution in [0.5, 0.6) is 17.4 Å². The predicted molar refractivity (Wildman–Crippen MR) is 135 cm³/mol. The van der Waals surface area contributed by atoms with Crippen molar-refractivity contribution >= 4 is 5.82 Å². The monoisotopic (exact) mass is 484 g/mol. The van der Waals surface area contributed by atoms with Crippen molar-refractivity contribution in [2.24, 2.45) is 5.73 Å². The molecule has 2 aliphatic rings. The summed E-state index contributed by atoms with van der Waals surface area (Å²) in [5, 5.41) is 18.9. The summed E-state index contributed by atoms with van der Waals surface area (Å²) in [6.45, 7) is 6.06. The van der Waals surface area contributed by atoms with E-state index in [1.54, 1.807) is 6.07 Å². The van der Waals surface area contributed by atoms with E-state index in [0.717, 1.165) is 43.1 Å². The number of aromatic nitrogens is 2. The van der Waals surface area contributed by atoms with E-state index in [0.29, 0.717) is 35.3 Å². The van der Waals surface area contributed by atoms with E-state index in [9.17, 15) is 10.4 Å². The number of aliphatic hydroxyl groups excluding tert-OH is 1. The minimum atomic E-state index is -0.314. The van der Waals surface area contributed by atoms with Crippen molar-refractivity contribution in [1.82, 2.24) is 14.9 Å². The van der Waals surface area contributed by atoms with E-state index in [1.165, 1.54) is 0 Å². The second-order valence-electron chi connectivity index (χ2n) is 8.80. The lowest BCUT2D eigenvalue weighted by Gasteiger charge is -2.35. The highest BCUT2D eigenvalue weighted by atomic mass is 16.5. The number of nitrogens with zero attached hydrogens (tertiary/aromatic N) is 5. The molecule has 1 atom stereocenters. The summed E-state index contributed by atoms with van der Waals surface area (Å²) in [7, 11) is 0. The van der Waals surface area contributed by atoms with Gasteiger partial charge in [0.05, 0.1) is 12.5 Å². The molecule has 3 N–H and O–H groups in total. The van der Waals surface area contributed by atoms with Gasteiger partial charge in [-0.2, -0.15) is 10.2 Å². The number of fused-ring (bicyclic) bond motifs is 1. The molecule has 0 bridgehead atoms. The van der Waals surface area contributed by atoms with Crippen molar-refractivity contribution in [1.29, 1.82) is 5.26 Å². The van der Waals surface area contributed by atoms with Crippen LogP contribution in [0.4, 0.5) is 5.82 Å². The maximum absolute atomic E-state index is 9.74. The normalized spacial score (nSPS) is 17.8. The van der Waals surface area contributed by atoms with Crippen molar-refractivity contribution in [3.63, 3.8) is 0 Å². The van der Waals surface area contributed by atoms with Crippen LogP contribution >= 0.6 is 0 Å². The molecule has 184 valence electrons. The Bertz CT molecular complexity index is 1310. The van der Waals surface area contributed by atoms with Gasteiger partial charge in [-0.25, -0.2) is 4.98 Å². The molecule has 5 rings (SSSR count). The first-order valence-corrected chi connectivity index (χ1v) is 11.9. The first kappa shape index (κ1) is 23.6. The van der Waals surface area contributed by atoms with Crippen LogP contribution in [0.15, 0.2) is 66.1 Å². The second kappa shape index (κ2) is 10.2. The molecule has 0 aliphatic carbocycles. The Morgan fingerprint density at radius 2 is 1.89 bits per heavy atom. The van der Waals surface area contributed by atoms with Crippen LogP contribution in [0.25, 0.3) is 0 Å². The number of benzene rings is 2. The van der Waals surface area contributed by atoms with Gasteiger partial charge in [0.1, 0.15) is 34.8 Å². The molecule has 0 saturated carbocycles. The van der Waals surface area contributed by atoms with E-state index in [1.807, 2.05) is 55.5 Å². The van der Waals surface area contributed by atoms with Crippen molar-refractivity contribution in [3.8, 4) is 23.4 Å². The van der Waals surface area contributed by atoms with Crippen LogP contribution in [-0.2, 0) is 0 Å². The van der Waals surface area contributed by atoms with Crippen LogP contribution in [-0.4, -0.2) is 59.3 Å². The smallest absolute Gasteiger partial charge is 0.224 e. The highest BCUT2D eigenvalue weighted by Gasteiger charge is 2.31. The first-order valence-electron chi connectivity index (χ1n) is 11.9. The Kier molecular flexibility index (Phi) is 6.71. The van der Waals surface area contributed by atoms with Gasteiger partial charge in [0.2, 0.25) is 11.8 Å². The number of rotatable bonds is 6. The molecule has 9 heteroatoms. The summed E-state index contributed by atoms with van der Waals surface area (Å²) in [6.07, 6.45) is 0. The molecule has 1 aromatic heterocycles. The fraction of sp³-hybridized carbons (Fsp3) is 0.296. The minimum Gasteiger partial charge on any atom is -0.440 e. The third-order valence-corrected chi connectivity index (χ3v) is 6.46. The molecular formula is C27H28N6O3. The van der Waals surface area contributed by atoms with Crippen LogP contribution in [0.2, 0.25) is 0 Å². The van der Waals surface area contributed by atoms with E-state index in [2.05, 4.69) is 25.8 Å². The standard InChI is InChI=1S/C27H28N6O3/c1-18-30-24(33-11-9-32(10-12-33)13-14-34)16-25(31-18)35-20-7-8-21-23(15-20)36-27(29)22(17-28)26(21)19-5-3-2-4-6-19/h2-8,15-16,26,34H,9-14,29H2,1H3. The maximum Gasteiger partial charge on any atom is 0.224 e. The average molecular weight is 485 g/mol. The zero-order valence-electron chi connectivity index (χ0n) is 20.1. The Labute approximate surface area is 210 Å². The number of anilines is 1. The molecule has 0 spiro atoms. The van der Waals surface area contributed by atoms with Gasteiger partial charge in [-0.05, 0) is 18.6 Å². The van der Waals surface area contributed by atoms with Crippen molar-refractivity contribution < 1.29 is 14.6 Å². The Balaban J connectivity index is 1.39. The van der Waals surface area contributed by atoms with Crippen LogP contribution in [0.3, 0.4) is 0 Å². The van der Waals surface area contributed by atoms with Gasteiger partial charge in [0, 0.05) is 50.4 Å². The molecule has 2 aliphatic heterocycles. The van der Waals surface area contributed by atoms with Crippen LogP contribution in [0.1, 0.15) is 22.9 Å². The van der Waals surface area contributed by atoms with Gasteiger partial charge in [-0.15, -0.1) is 0 Å². The van der Waals surface area contributed by atoms with Gasteiger partial charge in [0.15, 0.2) is 0 Å². The number of hydrogen-bond acceptors (Lipinski definition) is 9. The highest BCUT2D eigenvalue weighted by Crippen LogP contribution is 2.43. The number of hydrogen-bond donors (Lipinski definition) is 2. The molecule has 0 radical (unpaired) electrons. The molecule has 1 fully saturated rings. The highest BCUT2D eigenvalue weighted by molar-refractivity contribution is 5.57. The summed E-state index contributed by atoms with van der Waals surface area (Å²) < 4.78 is 12.0. The number of nitriles is 1. The molecule has 1 saturated heterocycles. The molecular weight excluding hydrogens is 456 g/mol. The molecule has 0 amide bonds. The van der Waals surface area contributed by atoms with Crippen LogP contribution in [0, 0.1) is 18.3 Å². The molecule has 1 unspecified atom stereocenters. The predicted octanol–water partition coefficient (Wildman–Crippen LogP) is 2.91. The number of ether oxygens (including phenoxy) is 2. The molecule has 3 aromatic rings. The van der Waals surface area contributed by atoms with E-state index in [-0.39, 0.29) is 18.4 Å². The van der Waals surface area contributed by atoms with Crippen molar-refractivity contribution in [2.45, 2.75) is 12.8 Å². The van der Waals surface area contributed by atoms with Gasteiger partial charge >= 0.3 is 0 Å². The molecule has 2 aromatic carbocycles. The van der Waals surface area contributed by atoms with Crippen LogP contribution < -0.4 is 20.1 Å². The topological polar surface area (TPSA) is 121 Å². The molecule has 3 heterocycles. The molecule has 36 heavy (non-hydrogen) atoms. The summed E-state index contributed by atoms with van der Waals surface area (Å²) in [6, 6.07) is 19.3. The summed E-state index contributed by atoms with van der Waals surface area (Å²) in [5.74, 6) is 2.74. The quantitative estimate of drug-likeness (QED) is 0.544. The van der Waals surface area contributed by atoms with E-state index < -0.39 is 0 Å². The summed E-state index contributed by atoms with van der Waals surface area (Å²) in [4.78, 5) is 13.5. The lowest BCUT2D eigenvalue weighted by Crippen LogP contribution is -2.47. The zero-order valence-corrected chi connectivity index (χ0v) is 20.1. The van der Waals surface area contributed by atoms with E-state index >= 15 is 0 Å².